The fraction of sp³-hybridized carbons (Fsp3) is 0.923. The molecule has 0 saturated heterocycles. The topological polar surface area (TPSA) is 69.6 Å². The highest BCUT2D eigenvalue weighted by Crippen LogP contribution is 2.15. The van der Waals surface area contributed by atoms with Crippen molar-refractivity contribution in [3.05, 3.63) is 12.2 Å². The van der Waals surface area contributed by atoms with Crippen molar-refractivity contribution in [2.75, 3.05) is 6.61 Å². The van der Waals surface area contributed by atoms with Gasteiger partial charge in [-0.15, -0.1) is 0 Å². The first-order chi connectivity index (χ1) is 21.2. The maximum absolute atomic E-state index is 12.3. The second-order valence-electron chi connectivity index (χ2n) is 13.4. The van der Waals surface area contributed by atoms with Crippen LogP contribution in [0.3, 0.4) is 0 Å². The number of hydrogen-bond donors (Lipinski definition) is 3. The number of aliphatic hydroxyl groups excluding tert-OH is 2. The molecule has 0 aliphatic rings. The van der Waals surface area contributed by atoms with Crippen molar-refractivity contribution in [2.24, 2.45) is 0 Å². The molecule has 2 atom stereocenters. The average Bonchev–Trinajstić information content (AvgIpc) is 3.01. The predicted octanol–water partition coefficient (Wildman–Crippen LogP) is 11.5. The lowest BCUT2D eigenvalue weighted by Gasteiger charge is -2.22. The van der Waals surface area contributed by atoms with Crippen molar-refractivity contribution in [1.29, 1.82) is 0 Å². The van der Waals surface area contributed by atoms with Crippen LogP contribution in [-0.2, 0) is 4.79 Å². The number of allylic oxidation sites excluding steroid dienone is 2. The van der Waals surface area contributed by atoms with Gasteiger partial charge in [0.2, 0.25) is 5.91 Å². The second-order valence-corrected chi connectivity index (χ2v) is 13.4. The normalized spacial score (nSPS) is 13.1. The predicted molar refractivity (Wildman–Crippen MR) is 189 cm³/mol. The standard InChI is InChI=1S/C39H77NO3/c1-3-5-7-9-11-13-15-17-18-19-20-21-23-25-27-29-31-33-35-39(43)40-37(36-41)38(42)34-32-30-28-26-24-22-16-14-12-10-8-6-4-2/h24,26,37-38,41-42H,3-23,25,27-36H2,1-2H3,(H,40,43)/b26-24+/t37-,38+/m0/s1. The summed E-state index contributed by atoms with van der Waals surface area (Å²) in [6.45, 7) is 4.34. The molecule has 4 heteroatoms. The van der Waals surface area contributed by atoms with Gasteiger partial charge in [0.1, 0.15) is 0 Å². The van der Waals surface area contributed by atoms with E-state index >= 15 is 0 Å². The Balaban J connectivity index is 3.54. The Kier molecular flexibility index (Phi) is 34.9. The first-order valence-corrected chi connectivity index (χ1v) is 19.4. The Morgan fingerprint density at radius 3 is 1.28 bits per heavy atom. The zero-order valence-electron chi connectivity index (χ0n) is 29.2. The van der Waals surface area contributed by atoms with Gasteiger partial charge in [0, 0.05) is 6.42 Å². The lowest BCUT2D eigenvalue weighted by atomic mass is 10.0. The maximum Gasteiger partial charge on any atom is 0.220 e. The Morgan fingerprint density at radius 2 is 0.884 bits per heavy atom. The molecule has 4 nitrogen and oxygen atoms in total. The first kappa shape index (κ1) is 42.1. The summed E-state index contributed by atoms with van der Waals surface area (Å²) in [6.07, 6.45) is 42.7. The van der Waals surface area contributed by atoms with E-state index in [1.807, 2.05) is 0 Å². The molecule has 0 spiro atoms. The molecule has 0 aliphatic carbocycles. The van der Waals surface area contributed by atoms with E-state index in [1.54, 1.807) is 0 Å². The molecule has 43 heavy (non-hydrogen) atoms. The Labute approximate surface area is 269 Å². The summed E-state index contributed by atoms with van der Waals surface area (Å²) in [5.41, 5.74) is 0. The molecular weight excluding hydrogens is 530 g/mol. The average molecular weight is 608 g/mol. The minimum atomic E-state index is -0.675. The molecule has 0 fully saturated rings. The molecule has 0 radical (unpaired) electrons. The monoisotopic (exact) mass is 608 g/mol. The number of hydrogen-bond acceptors (Lipinski definition) is 3. The highest BCUT2D eigenvalue weighted by Gasteiger charge is 2.19. The number of carbonyl (C=O) groups is 1. The molecule has 0 heterocycles. The third-order valence-electron chi connectivity index (χ3n) is 9.03. The van der Waals surface area contributed by atoms with Gasteiger partial charge in [0.05, 0.1) is 18.8 Å². The van der Waals surface area contributed by atoms with Gasteiger partial charge >= 0.3 is 0 Å². The molecule has 0 unspecified atom stereocenters. The zero-order chi connectivity index (χ0) is 31.5. The molecule has 0 saturated carbocycles. The van der Waals surface area contributed by atoms with Gasteiger partial charge in [-0.3, -0.25) is 4.79 Å². The van der Waals surface area contributed by atoms with Crippen LogP contribution in [0.2, 0.25) is 0 Å². The summed E-state index contributed by atoms with van der Waals surface area (Å²) < 4.78 is 0. The van der Waals surface area contributed by atoms with Crippen molar-refractivity contribution < 1.29 is 15.0 Å². The zero-order valence-corrected chi connectivity index (χ0v) is 29.2. The van der Waals surface area contributed by atoms with E-state index in [9.17, 15) is 15.0 Å². The van der Waals surface area contributed by atoms with Crippen LogP contribution in [-0.4, -0.2) is 34.9 Å². The SMILES string of the molecule is CCCCCCCCC/C=C/CCCC[C@@H](O)[C@H](CO)NC(=O)CCCCCCCCCCCCCCCCCCCC. The highest BCUT2D eigenvalue weighted by molar-refractivity contribution is 5.76. The number of unbranched alkanes of at least 4 members (excludes halogenated alkanes) is 26. The van der Waals surface area contributed by atoms with Crippen LogP contribution in [0.5, 0.6) is 0 Å². The number of nitrogens with one attached hydrogen (secondary N) is 1. The number of rotatable bonds is 35. The summed E-state index contributed by atoms with van der Waals surface area (Å²) in [5, 5.41) is 23.0. The third kappa shape index (κ3) is 32.3. The van der Waals surface area contributed by atoms with Crippen LogP contribution in [0.4, 0.5) is 0 Å². The van der Waals surface area contributed by atoms with Crippen molar-refractivity contribution in [3.8, 4) is 0 Å². The van der Waals surface area contributed by atoms with Gasteiger partial charge in [-0.2, -0.15) is 0 Å². The van der Waals surface area contributed by atoms with Crippen molar-refractivity contribution >= 4 is 5.91 Å². The van der Waals surface area contributed by atoms with E-state index in [2.05, 4.69) is 31.3 Å². The smallest absolute Gasteiger partial charge is 0.220 e. The van der Waals surface area contributed by atoms with Crippen LogP contribution in [0.1, 0.15) is 213 Å². The molecular formula is C39H77NO3. The van der Waals surface area contributed by atoms with E-state index in [1.165, 1.54) is 154 Å². The lowest BCUT2D eigenvalue weighted by Crippen LogP contribution is -2.45. The van der Waals surface area contributed by atoms with E-state index < -0.39 is 12.1 Å². The third-order valence-corrected chi connectivity index (χ3v) is 9.03. The summed E-state index contributed by atoms with van der Waals surface area (Å²) in [5.74, 6) is -0.0390. The largest absolute Gasteiger partial charge is 0.394 e. The molecule has 0 aromatic carbocycles. The maximum atomic E-state index is 12.3. The van der Waals surface area contributed by atoms with E-state index in [4.69, 9.17) is 0 Å². The van der Waals surface area contributed by atoms with E-state index in [0.29, 0.717) is 12.8 Å². The lowest BCUT2D eigenvalue weighted by molar-refractivity contribution is -0.123. The molecule has 0 aliphatic heterocycles. The van der Waals surface area contributed by atoms with Crippen LogP contribution < -0.4 is 5.32 Å². The fourth-order valence-electron chi connectivity index (χ4n) is 6.00. The van der Waals surface area contributed by atoms with Gasteiger partial charge in [-0.25, -0.2) is 0 Å². The Morgan fingerprint density at radius 1 is 0.535 bits per heavy atom. The number of carbonyl (C=O) groups excluding carboxylic acids is 1. The molecule has 1 amide bonds. The van der Waals surface area contributed by atoms with Crippen LogP contribution in [0, 0.1) is 0 Å². The van der Waals surface area contributed by atoms with Crippen molar-refractivity contribution in [3.63, 3.8) is 0 Å². The molecule has 0 rings (SSSR count). The van der Waals surface area contributed by atoms with Crippen LogP contribution in [0.15, 0.2) is 12.2 Å². The molecule has 0 bridgehead atoms. The van der Waals surface area contributed by atoms with Gasteiger partial charge < -0.3 is 15.5 Å². The molecule has 0 aromatic heterocycles. The highest BCUT2D eigenvalue weighted by atomic mass is 16.3. The second kappa shape index (κ2) is 35.6. The van der Waals surface area contributed by atoms with Gasteiger partial charge in [0.25, 0.3) is 0 Å². The van der Waals surface area contributed by atoms with Crippen molar-refractivity contribution in [1.82, 2.24) is 5.32 Å². The van der Waals surface area contributed by atoms with E-state index in [0.717, 1.165) is 32.1 Å². The minimum Gasteiger partial charge on any atom is -0.394 e. The van der Waals surface area contributed by atoms with Crippen molar-refractivity contribution in [2.45, 2.75) is 225 Å². The molecule has 0 aromatic rings. The van der Waals surface area contributed by atoms with E-state index in [-0.39, 0.29) is 12.5 Å². The minimum absolute atomic E-state index is 0.0390. The van der Waals surface area contributed by atoms with Crippen LogP contribution in [0.25, 0.3) is 0 Å². The Hall–Kier alpha value is -0.870. The van der Waals surface area contributed by atoms with Gasteiger partial charge in [0.15, 0.2) is 0 Å². The number of aliphatic hydroxyl groups is 2. The summed E-state index contributed by atoms with van der Waals surface area (Å²) in [7, 11) is 0. The van der Waals surface area contributed by atoms with Gasteiger partial charge in [-0.1, -0.05) is 180 Å². The Bertz CT molecular complexity index is 579. The summed E-state index contributed by atoms with van der Waals surface area (Å²) in [6, 6.07) is -0.545. The van der Waals surface area contributed by atoms with Crippen LogP contribution >= 0.6 is 0 Å². The molecule has 256 valence electrons. The number of amides is 1. The first-order valence-electron chi connectivity index (χ1n) is 19.4. The molecule has 3 N–H and O–H groups in total. The quantitative estimate of drug-likeness (QED) is 0.0496. The van der Waals surface area contributed by atoms with Gasteiger partial charge in [-0.05, 0) is 38.5 Å². The summed E-state index contributed by atoms with van der Waals surface area (Å²) in [4.78, 5) is 12.3. The summed E-state index contributed by atoms with van der Waals surface area (Å²) >= 11 is 0. The fourth-order valence-corrected chi connectivity index (χ4v) is 6.00.